The molecule has 0 aromatic carbocycles. The van der Waals surface area contributed by atoms with E-state index in [0.29, 0.717) is 17.6 Å². The minimum absolute atomic E-state index is 0.460. The summed E-state index contributed by atoms with van der Waals surface area (Å²) in [4.78, 5) is 12.3. The van der Waals surface area contributed by atoms with Gasteiger partial charge in [-0.25, -0.2) is 0 Å². The Labute approximate surface area is 112 Å². The van der Waals surface area contributed by atoms with Gasteiger partial charge < -0.3 is 0 Å². The van der Waals surface area contributed by atoms with Crippen LogP contribution in [0.2, 0.25) is 0 Å². The van der Waals surface area contributed by atoms with Crippen LogP contribution in [0.3, 0.4) is 0 Å². The minimum Gasteiger partial charge on any atom is -0.299 e. The van der Waals surface area contributed by atoms with Crippen molar-refractivity contribution < 1.29 is 4.79 Å². The first-order chi connectivity index (χ1) is 8.74. The number of fused-ring (bicyclic) bond motifs is 1. The van der Waals surface area contributed by atoms with Crippen molar-refractivity contribution in [3.8, 4) is 0 Å². The molecule has 102 valence electrons. The highest BCUT2D eigenvalue weighted by Gasteiger charge is 2.41. The Balaban J connectivity index is 1.63. The fourth-order valence-electron chi connectivity index (χ4n) is 5.07. The molecule has 0 radical (unpaired) electrons. The first-order valence-corrected chi connectivity index (χ1v) is 8.26. The molecule has 3 aliphatic rings. The van der Waals surface area contributed by atoms with Crippen LogP contribution < -0.4 is 0 Å². The van der Waals surface area contributed by atoms with Gasteiger partial charge in [0.15, 0.2) is 0 Å². The largest absolute Gasteiger partial charge is 0.299 e. The topological polar surface area (TPSA) is 17.1 Å². The SMILES string of the molecule is CC1CC(=O)C2CC(C3CCCCC3)CCC2C1. The van der Waals surface area contributed by atoms with E-state index in [-0.39, 0.29) is 0 Å². The van der Waals surface area contributed by atoms with Gasteiger partial charge in [0.25, 0.3) is 0 Å². The van der Waals surface area contributed by atoms with Gasteiger partial charge in [0, 0.05) is 12.3 Å². The van der Waals surface area contributed by atoms with Crippen molar-refractivity contribution >= 4 is 5.78 Å². The lowest BCUT2D eigenvalue weighted by molar-refractivity contribution is -0.131. The monoisotopic (exact) mass is 248 g/mol. The van der Waals surface area contributed by atoms with E-state index in [0.717, 1.165) is 24.2 Å². The molecule has 0 saturated heterocycles. The molecule has 0 aromatic heterocycles. The summed E-state index contributed by atoms with van der Waals surface area (Å²) in [6, 6.07) is 0. The van der Waals surface area contributed by atoms with E-state index >= 15 is 0 Å². The van der Waals surface area contributed by atoms with E-state index in [1.165, 1.54) is 57.8 Å². The zero-order valence-electron chi connectivity index (χ0n) is 11.9. The molecule has 18 heavy (non-hydrogen) atoms. The fourth-order valence-corrected chi connectivity index (χ4v) is 5.07. The van der Waals surface area contributed by atoms with Crippen molar-refractivity contribution in [2.45, 2.75) is 71.1 Å². The number of carbonyl (C=O) groups excluding carboxylic acids is 1. The molecular formula is C17H28O. The maximum atomic E-state index is 12.3. The summed E-state index contributed by atoms with van der Waals surface area (Å²) in [5.41, 5.74) is 0. The Morgan fingerprint density at radius 1 is 0.833 bits per heavy atom. The number of ketones is 1. The van der Waals surface area contributed by atoms with Gasteiger partial charge in [-0.15, -0.1) is 0 Å². The zero-order chi connectivity index (χ0) is 12.5. The van der Waals surface area contributed by atoms with Crippen LogP contribution in [0.4, 0.5) is 0 Å². The molecule has 4 atom stereocenters. The van der Waals surface area contributed by atoms with E-state index in [4.69, 9.17) is 0 Å². The van der Waals surface area contributed by atoms with Crippen molar-refractivity contribution in [3.05, 3.63) is 0 Å². The summed E-state index contributed by atoms with van der Waals surface area (Å²) in [5.74, 6) is 4.34. The van der Waals surface area contributed by atoms with Crippen molar-refractivity contribution in [2.24, 2.45) is 29.6 Å². The summed E-state index contributed by atoms with van der Waals surface area (Å²) < 4.78 is 0. The van der Waals surface area contributed by atoms with Gasteiger partial charge in [-0.2, -0.15) is 0 Å². The van der Waals surface area contributed by atoms with Crippen LogP contribution in [0.5, 0.6) is 0 Å². The summed E-state index contributed by atoms with van der Waals surface area (Å²) in [5, 5.41) is 0. The minimum atomic E-state index is 0.460. The Kier molecular flexibility index (Phi) is 3.77. The predicted octanol–water partition coefficient (Wildman–Crippen LogP) is 4.60. The highest BCUT2D eigenvalue weighted by Crippen LogP contribution is 2.47. The molecule has 0 aliphatic heterocycles. The lowest BCUT2D eigenvalue weighted by atomic mass is 9.61. The third-order valence-electron chi connectivity index (χ3n) is 6.02. The molecule has 1 nitrogen and oxygen atoms in total. The van der Waals surface area contributed by atoms with Crippen LogP contribution >= 0.6 is 0 Å². The fraction of sp³-hybridized carbons (Fsp3) is 0.941. The summed E-state index contributed by atoms with van der Waals surface area (Å²) in [7, 11) is 0. The molecule has 0 bridgehead atoms. The second-order valence-electron chi connectivity index (χ2n) is 7.35. The van der Waals surface area contributed by atoms with Gasteiger partial charge in [-0.1, -0.05) is 39.0 Å². The molecule has 0 amide bonds. The van der Waals surface area contributed by atoms with E-state index < -0.39 is 0 Å². The van der Waals surface area contributed by atoms with Crippen molar-refractivity contribution in [3.63, 3.8) is 0 Å². The molecule has 3 rings (SSSR count). The van der Waals surface area contributed by atoms with E-state index in [1.54, 1.807) is 0 Å². The Bertz CT molecular complexity index is 303. The molecule has 3 aliphatic carbocycles. The van der Waals surface area contributed by atoms with Gasteiger partial charge in [0.2, 0.25) is 0 Å². The third-order valence-corrected chi connectivity index (χ3v) is 6.02. The first kappa shape index (κ1) is 12.7. The zero-order valence-corrected chi connectivity index (χ0v) is 11.9. The van der Waals surface area contributed by atoms with E-state index in [1.807, 2.05) is 0 Å². The second-order valence-corrected chi connectivity index (χ2v) is 7.35. The van der Waals surface area contributed by atoms with E-state index in [2.05, 4.69) is 6.92 Å². The average molecular weight is 248 g/mol. The second kappa shape index (κ2) is 5.35. The number of hydrogen-bond acceptors (Lipinski definition) is 1. The van der Waals surface area contributed by atoms with Crippen LogP contribution in [0.1, 0.15) is 71.1 Å². The normalized spacial score (nSPS) is 42.6. The molecule has 0 N–H and O–H groups in total. The summed E-state index contributed by atoms with van der Waals surface area (Å²) in [6.45, 7) is 2.27. The van der Waals surface area contributed by atoms with Crippen LogP contribution in [0.15, 0.2) is 0 Å². The standard InChI is InChI=1S/C17H28O/c1-12-9-15-8-7-14(11-16(15)17(18)10-12)13-5-3-2-4-6-13/h12-16H,2-11H2,1H3. The number of rotatable bonds is 1. The highest BCUT2D eigenvalue weighted by molar-refractivity contribution is 5.82. The van der Waals surface area contributed by atoms with Crippen LogP contribution in [-0.4, -0.2) is 5.78 Å². The van der Waals surface area contributed by atoms with Crippen LogP contribution in [0.25, 0.3) is 0 Å². The molecule has 3 saturated carbocycles. The quantitative estimate of drug-likeness (QED) is 0.663. The number of Topliss-reactive ketones (excluding diaryl/α,β-unsaturated/α-hetero) is 1. The highest BCUT2D eigenvalue weighted by atomic mass is 16.1. The molecule has 0 spiro atoms. The lowest BCUT2D eigenvalue weighted by Gasteiger charge is -2.43. The average Bonchev–Trinajstić information content (AvgIpc) is 2.39. The molecule has 0 heterocycles. The third kappa shape index (κ3) is 2.51. The maximum absolute atomic E-state index is 12.3. The van der Waals surface area contributed by atoms with Gasteiger partial charge >= 0.3 is 0 Å². The number of hydrogen-bond donors (Lipinski definition) is 0. The molecule has 0 aromatic rings. The van der Waals surface area contributed by atoms with Gasteiger partial charge in [-0.05, 0) is 49.4 Å². The summed E-state index contributed by atoms with van der Waals surface area (Å²) >= 11 is 0. The van der Waals surface area contributed by atoms with Crippen LogP contribution in [-0.2, 0) is 4.79 Å². The van der Waals surface area contributed by atoms with Gasteiger partial charge in [0.1, 0.15) is 5.78 Å². The Morgan fingerprint density at radius 3 is 2.33 bits per heavy atom. The van der Waals surface area contributed by atoms with Gasteiger partial charge in [-0.3, -0.25) is 4.79 Å². The Hall–Kier alpha value is -0.330. The lowest BCUT2D eigenvalue weighted by Crippen LogP contribution is -2.38. The molecule has 4 unspecified atom stereocenters. The van der Waals surface area contributed by atoms with E-state index in [9.17, 15) is 4.79 Å². The van der Waals surface area contributed by atoms with Crippen molar-refractivity contribution in [1.29, 1.82) is 0 Å². The van der Waals surface area contributed by atoms with Gasteiger partial charge in [0.05, 0.1) is 0 Å². The van der Waals surface area contributed by atoms with Crippen molar-refractivity contribution in [1.82, 2.24) is 0 Å². The molecular weight excluding hydrogens is 220 g/mol. The maximum Gasteiger partial charge on any atom is 0.136 e. The summed E-state index contributed by atoms with van der Waals surface area (Å²) in [6.07, 6.45) is 13.5. The predicted molar refractivity (Wildman–Crippen MR) is 74.3 cm³/mol. The van der Waals surface area contributed by atoms with Crippen LogP contribution in [0, 0.1) is 29.6 Å². The smallest absolute Gasteiger partial charge is 0.136 e. The Morgan fingerprint density at radius 2 is 1.56 bits per heavy atom. The van der Waals surface area contributed by atoms with Crippen molar-refractivity contribution in [2.75, 3.05) is 0 Å². The molecule has 1 heteroatoms. The first-order valence-electron chi connectivity index (χ1n) is 8.26. The molecule has 3 fully saturated rings. The number of carbonyl (C=O) groups is 1.